The number of rotatable bonds is 5. The van der Waals surface area contributed by atoms with Gasteiger partial charge in [0.15, 0.2) is 0 Å². The predicted molar refractivity (Wildman–Crippen MR) is 90.4 cm³/mol. The van der Waals surface area contributed by atoms with Gasteiger partial charge in [-0.3, -0.25) is 0 Å². The average Bonchev–Trinajstić information content (AvgIpc) is 3.20. The Balaban J connectivity index is 1.60. The molecule has 0 atom stereocenters. The highest BCUT2D eigenvalue weighted by Gasteiger charge is 2.20. The molecule has 7 heteroatoms. The van der Waals surface area contributed by atoms with Crippen molar-refractivity contribution in [3.63, 3.8) is 0 Å². The third-order valence-corrected chi connectivity index (χ3v) is 4.45. The summed E-state index contributed by atoms with van der Waals surface area (Å²) in [4.78, 5) is 26.5. The van der Waals surface area contributed by atoms with Gasteiger partial charge in [-0.1, -0.05) is 24.3 Å². The van der Waals surface area contributed by atoms with Crippen LogP contribution < -0.4 is 16.0 Å². The van der Waals surface area contributed by atoms with E-state index in [0.29, 0.717) is 26.2 Å². The van der Waals surface area contributed by atoms with Crippen molar-refractivity contribution in [3.05, 3.63) is 52.2 Å². The van der Waals surface area contributed by atoms with Gasteiger partial charge in [-0.2, -0.15) is 0 Å². The Hall–Kier alpha value is -2.54. The SMILES string of the molecule is O=C(NCc1cccs1)Nc1ccccc1CN1CCNC1=O. The fourth-order valence-electron chi connectivity index (χ4n) is 2.39. The number of hydrogen-bond acceptors (Lipinski definition) is 3. The maximum absolute atomic E-state index is 12.1. The summed E-state index contributed by atoms with van der Waals surface area (Å²) in [6.07, 6.45) is 0. The summed E-state index contributed by atoms with van der Waals surface area (Å²) in [5.74, 6) is 0. The average molecular weight is 330 g/mol. The van der Waals surface area contributed by atoms with E-state index in [2.05, 4.69) is 16.0 Å². The molecule has 3 rings (SSSR count). The van der Waals surface area contributed by atoms with Gasteiger partial charge in [0.2, 0.25) is 0 Å². The van der Waals surface area contributed by atoms with Gasteiger partial charge in [-0.25, -0.2) is 9.59 Å². The van der Waals surface area contributed by atoms with Crippen molar-refractivity contribution in [2.45, 2.75) is 13.1 Å². The van der Waals surface area contributed by atoms with E-state index < -0.39 is 0 Å². The number of thiophene rings is 1. The van der Waals surface area contributed by atoms with Gasteiger partial charge in [0.25, 0.3) is 0 Å². The van der Waals surface area contributed by atoms with Gasteiger partial charge < -0.3 is 20.9 Å². The summed E-state index contributed by atoms with van der Waals surface area (Å²) in [6.45, 7) is 2.32. The number of carbonyl (C=O) groups is 2. The van der Waals surface area contributed by atoms with Crippen molar-refractivity contribution in [3.8, 4) is 0 Å². The van der Waals surface area contributed by atoms with Crippen molar-refractivity contribution < 1.29 is 9.59 Å². The van der Waals surface area contributed by atoms with Crippen LogP contribution in [-0.4, -0.2) is 30.1 Å². The summed E-state index contributed by atoms with van der Waals surface area (Å²) in [5, 5.41) is 10.4. The number of nitrogens with zero attached hydrogens (tertiary/aromatic N) is 1. The molecule has 0 radical (unpaired) electrons. The Morgan fingerprint density at radius 3 is 2.87 bits per heavy atom. The Labute approximate surface area is 138 Å². The third-order valence-electron chi connectivity index (χ3n) is 3.58. The quantitative estimate of drug-likeness (QED) is 0.788. The number of carbonyl (C=O) groups excluding carboxylic acids is 2. The molecule has 0 saturated carbocycles. The van der Waals surface area contributed by atoms with Crippen molar-refractivity contribution >= 4 is 29.1 Å². The van der Waals surface area contributed by atoms with Crippen LogP contribution in [0.5, 0.6) is 0 Å². The van der Waals surface area contributed by atoms with Crippen molar-refractivity contribution in [2.24, 2.45) is 0 Å². The minimum Gasteiger partial charge on any atom is -0.336 e. The van der Waals surface area contributed by atoms with Gasteiger partial charge in [-0.15, -0.1) is 11.3 Å². The minimum absolute atomic E-state index is 0.0676. The van der Waals surface area contributed by atoms with E-state index in [9.17, 15) is 9.59 Å². The Kier molecular flexibility index (Phi) is 4.77. The van der Waals surface area contributed by atoms with E-state index in [-0.39, 0.29) is 12.1 Å². The monoisotopic (exact) mass is 330 g/mol. The smallest absolute Gasteiger partial charge is 0.319 e. The Morgan fingerprint density at radius 1 is 1.26 bits per heavy atom. The molecule has 1 aromatic heterocycles. The molecule has 2 aromatic rings. The molecule has 1 aliphatic heterocycles. The maximum Gasteiger partial charge on any atom is 0.319 e. The van der Waals surface area contributed by atoms with E-state index >= 15 is 0 Å². The summed E-state index contributed by atoms with van der Waals surface area (Å²) in [5.41, 5.74) is 1.63. The molecular weight excluding hydrogens is 312 g/mol. The zero-order valence-electron chi connectivity index (χ0n) is 12.5. The van der Waals surface area contributed by atoms with E-state index in [0.717, 1.165) is 16.1 Å². The molecule has 2 heterocycles. The summed E-state index contributed by atoms with van der Waals surface area (Å²) < 4.78 is 0. The topological polar surface area (TPSA) is 73.5 Å². The van der Waals surface area contributed by atoms with Crippen LogP contribution in [0.3, 0.4) is 0 Å². The van der Waals surface area contributed by atoms with Crippen LogP contribution in [0, 0.1) is 0 Å². The molecule has 0 spiro atoms. The molecule has 6 nitrogen and oxygen atoms in total. The first-order valence-electron chi connectivity index (χ1n) is 7.40. The third kappa shape index (κ3) is 4.01. The van der Waals surface area contributed by atoms with Crippen LogP contribution in [-0.2, 0) is 13.1 Å². The molecule has 120 valence electrons. The van der Waals surface area contributed by atoms with Crippen LogP contribution in [0.2, 0.25) is 0 Å². The first-order chi connectivity index (χ1) is 11.2. The largest absolute Gasteiger partial charge is 0.336 e. The van der Waals surface area contributed by atoms with Gasteiger partial charge in [0.05, 0.1) is 6.54 Å². The lowest BCUT2D eigenvalue weighted by molar-refractivity contribution is 0.215. The Bertz CT molecular complexity index is 687. The van der Waals surface area contributed by atoms with Crippen LogP contribution in [0.4, 0.5) is 15.3 Å². The van der Waals surface area contributed by atoms with Gasteiger partial charge >= 0.3 is 12.1 Å². The lowest BCUT2D eigenvalue weighted by Crippen LogP contribution is -2.30. The van der Waals surface area contributed by atoms with Crippen LogP contribution in [0.1, 0.15) is 10.4 Å². The lowest BCUT2D eigenvalue weighted by atomic mass is 10.1. The molecule has 23 heavy (non-hydrogen) atoms. The van der Waals surface area contributed by atoms with Crippen molar-refractivity contribution in [1.29, 1.82) is 0 Å². The first kappa shape index (κ1) is 15.4. The summed E-state index contributed by atoms with van der Waals surface area (Å²) in [6, 6.07) is 11.1. The highest BCUT2D eigenvalue weighted by Crippen LogP contribution is 2.18. The van der Waals surface area contributed by atoms with E-state index in [1.807, 2.05) is 41.8 Å². The van der Waals surface area contributed by atoms with Crippen LogP contribution in [0.15, 0.2) is 41.8 Å². The van der Waals surface area contributed by atoms with E-state index in [1.54, 1.807) is 16.2 Å². The zero-order chi connectivity index (χ0) is 16.1. The number of nitrogens with one attached hydrogen (secondary N) is 3. The molecule has 1 aliphatic rings. The zero-order valence-corrected chi connectivity index (χ0v) is 13.4. The predicted octanol–water partition coefficient (Wildman–Crippen LogP) is 2.60. The van der Waals surface area contributed by atoms with Crippen molar-refractivity contribution in [2.75, 3.05) is 18.4 Å². The molecule has 3 N–H and O–H groups in total. The number of anilines is 1. The number of hydrogen-bond donors (Lipinski definition) is 3. The fourth-order valence-corrected chi connectivity index (χ4v) is 3.04. The molecule has 1 saturated heterocycles. The second-order valence-electron chi connectivity index (χ2n) is 5.20. The second kappa shape index (κ2) is 7.15. The van der Waals surface area contributed by atoms with Crippen LogP contribution in [0.25, 0.3) is 0 Å². The molecule has 4 amide bonds. The Morgan fingerprint density at radius 2 is 2.13 bits per heavy atom. The van der Waals surface area contributed by atoms with Gasteiger partial charge in [0.1, 0.15) is 0 Å². The highest BCUT2D eigenvalue weighted by molar-refractivity contribution is 7.09. The number of para-hydroxylation sites is 1. The van der Waals surface area contributed by atoms with Gasteiger partial charge in [0, 0.05) is 30.2 Å². The standard InChI is InChI=1S/C16H18N4O2S/c21-15(18-10-13-5-3-9-23-13)19-14-6-2-1-4-12(14)11-20-8-7-17-16(20)22/h1-6,9H,7-8,10-11H2,(H,17,22)(H2,18,19,21). The van der Waals surface area contributed by atoms with Gasteiger partial charge in [-0.05, 0) is 23.1 Å². The summed E-state index contributed by atoms with van der Waals surface area (Å²) >= 11 is 1.60. The lowest BCUT2D eigenvalue weighted by Gasteiger charge is -2.17. The number of urea groups is 2. The van der Waals surface area contributed by atoms with E-state index in [4.69, 9.17) is 0 Å². The highest BCUT2D eigenvalue weighted by atomic mass is 32.1. The number of amides is 4. The minimum atomic E-state index is -0.253. The van der Waals surface area contributed by atoms with Crippen molar-refractivity contribution in [1.82, 2.24) is 15.5 Å². The molecule has 0 unspecified atom stereocenters. The first-order valence-corrected chi connectivity index (χ1v) is 8.28. The second-order valence-corrected chi connectivity index (χ2v) is 6.23. The van der Waals surface area contributed by atoms with Crippen LogP contribution >= 0.6 is 11.3 Å². The molecule has 1 aromatic carbocycles. The summed E-state index contributed by atoms with van der Waals surface area (Å²) in [7, 11) is 0. The molecule has 1 fully saturated rings. The molecular formula is C16H18N4O2S. The van der Waals surface area contributed by atoms with E-state index in [1.165, 1.54) is 0 Å². The number of benzene rings is 1. The molecule has 0 aliphatic carbocycles. The normalized spacial score (nSPS) is 13.7. The molecule has 0 bridgehead atoms. The fraction of sp³-hybridized carbons (Fsp3) is 0.250. The maximum atomic E-state index is 12.1.